The average molecular weight is 735 g/mol. The molecule has 1 atom stereocenters. The Labute approximate surface area is 325 Å². The zero-order valence-corrected chi connectivity index (χ0v) is 31.4. The molecule has 0 aliphatic carbocycles. The molecule has 1 unspecified atom stereocenters. The second kappa shape index (κ2) is 12.8. The van der Waals surface area contributed by atoms with Crippen LogP contribution in [0.4, 0.5) is 17.1 Å². The summed E-state index contributed by atoms with van der Waals surface area (Å²) >= 11 is 0. The standard InChI is InChI=1S/C52H35N2OP/c55-56(44-20-8-3-9-21-44)50-35-39-17-11-10-16-38(39)34-47(50)45-32-33-49-51(52(45)56)46-22-12-13-23-48(46)54(49)43-30-28-42(29-31-43)53(40-18-6-2-7-19-40)41-26-24-37(25-27-41)36-14-4-1-5-15-36/h1-35H. The molecule has 0 radical (unpaired) electrons. The van der Waals surface area contributed by atoms with Gasteiger partial charge in [0.05, 0.1) is 11.0 Å². The molecule has 0 saturated heterocycles. The fraction of sp³-hybridized carbons (Fsp3) is 0. The Hall–Kier alpha value is -6.93. The van der Waals surface area contributed by atoms with Crippen molar-refractivity contribution in [2.24, 2.45) is 0 Å². The second-order valence-electron chi connectivity index (χ2n) is 14.5. The van der Waals surface area contributed by atoms with Crippen molar-refractivity contribution >= 4 is 72.7 Å². The van der Waals surface area contributed by atoms with Crippen LogP contribution < -0.4 is 20.8 Å². The van der Waals surface area contributed by atoms with Crippen molar-refractivity contribution in [1.29, 1.82) is 0 Å². The number of nitrogens with zero attached hydrogens (tertiary/aromatic N) is 2. The third-order valence-corrected chi connectivity index (χ3v) is 14.5. The van der Waals surface area contributed by atoms with Gasteiger partial charge in [-0.15, -0.1) is 0 Å². The summed E-state index contributed by atoms with van der Waals surface area (Å²) < 4.78 is 18.5. The van der Waals surface area contributed by atoms with Gasteiger partial charge in [0.1, 0.15) is 0 Å². The SMILES string of the molecule is O=P1(c2ccccc2)c2cc3ccccc3cc2-c2ccc3c(c21)c1ccccc1n3-c1ccc(N(c2ccccc2)c2ccc(-c3ccccc3)cc2)cc1. The first-order chi connectivity index (χ1) is 27.7. The van der Waals surface area contributed by atoms with Gasteiger partial charge < -0.3 is 14.0 Å². The lowest BCUT2D eigenvalue weighted by Crippen LogP contribution is -2.21. The number of aromatic nitrogens is 1. The van der Waals surface area contributed by atoms with Gasteiger partial charge in [-0.05, 0) is 106 Å². The zero-order chi connectivity index (χ0) is 37.2. The number of para-hydroxylation sites is 2. The van der Waals surface area contributed by atoms with E-state index >= 15 is 4.57 Å². The van der Waals surface area contributed by atoms with E-state index in [4.69, 9.17) is 0 Å². The highest BCUT2D eigenvalue weighted by atomic mass is 31.2. The number of fused-ring (bicyclic) bond motifs is 8. The molecule has 0 amide bonds. The lowest BCUT2D eigenvalue weighted by molar-refractivity contribution is 0.593. The smallest absolute Gasteiger partial charge is 0.172 e. The van der Waals surface area contributed by atoms with E-state index < -0.39 is 7.14 Å². The van der Waals surface area contributed by atoms with E-state index in [0.717, 1.165) is 82.4 Å². The van der Waals surface area contributed by atoms with Gasteiger partial charge in [-0.1, -0.05) is 140 Å². The molecular formula is C52H35N2OP. The molecule has 1 aliphatic heterocycles. The summed E-state index contributed by atoms with van der Waals surface area (Å²) in [5, 5.41) is 7.13. The van der Waals surface area contributed by atoms with Crippen LogP contribution in [0.15, 0.2) is 212 Å². The predicted molar refractivity (Wildman–Crippen MR) is 237 cm³/mol. The molecule has 3 nitrogen and oxygen atoms in total. The molecule has 0 saturated carbocycles. The first kappa shape index (κ1) is 32.5. The van der Waals surface area contributed by atoms with Gasteiger partial charge in [-0.3, -0.25) is 0 Å². The second-order valence-corrected chi connectivity index (χ2v) is 17.1. The molecule has 0 spiro atoms. The maximum absolute atomic E-state index is 16.2. The van der Waals surface area contributed by atoms with Crippen LogP contribution in [0.1, 0.15) is 0 Å². The minimum Gasteiger partial charge on any atom is -0.311 e. The van der Waals surface area contributed by atoms with Crippen molar-refractivity contribution < 1.29 is 4.57 Å². The average Bonchev–Trinajstić information content (AvgIpc) is 3.74. The Morgan fingerprint density at radius 2 is 0.982 bits per heavy atom. The fourth-order valence-electron chi connectivity index (χ4n) is 8.80. The molecule has 0 fully saturated rings. The molecule has 2 heterocycles. The van der Waals surface area contributed by atoms with Gasteiger partial charge in [0.2, 0.25) is 0 Å². The van der Waals surface area contributed by atoms with Gasteiger partial charge >= 0.3 is 0 Å². The minimum atomic E-state index is -3.27. The van der Waals surface area contributed by atoms with Crippen LogP contribution >= 0.6 is 7.14 Å². The molecule has 9 aromatic carbocycles. The topological polar surface area (TPSA) is 25.2 Å². The normalized spacial score (nSPS) is 14.6. The predicted octanol–water partition coefficient (Wildman–Crippen LogP) is 12.7. The van der Waals surface area contributed by atoms with E-state index in [1.807, 2.05) is 36.4 Å². The summed E-state index contributed by atoms with van der Waals surface area (Å²) in [6, 6.07) is 74.6. The van der Waals surface area contributed by atoms with E-state index in [9.17, 15) is 0 Å². The summed E-state index contributed by atoms with van der Waals surface area (Å²) in [5.41, 5.74) is 10.9. The molecule has 0 N–H and O–H groups in total. The lowest BCUT2D eigenvalue weighted by Gasteiger charge is -2.26. The molecule has 1 aromatic heterocycles. The number of rotatable bonds is 6. The zero-order valence-electron chi connectivity index (χ0n) is 30.5. The van der Waals surface area contributed by atoms with Crippen molar-refractivity contribution in [3.8, 4) is 27.9 Å². The maximum atomic E-state index is 16.2. The van der Waals surface area contributed by atoms with Crippen molar-refractivity contribution in [1.82, 2.24) is 4.57 Å². The highest BCUT2D eigenvalue weighted by molar-refractivity contribution is 7.87. The van der Waals surface area contributed by atoms with Crippen molar-refractivity contribution in [3.05, 3.63) is 212 Å². The van der Waals surface area contributed by atoms with E-state index in [0.29, 0.717) is 0 Å². The van der Waals surface area contributed by atoms with Crippen molar-refractivity contribution in [2.45, 2.75) is 0 Å². The summed E-state index contributed by atoms with van der Waals surface area (Å²) in [6.07, 6.45) is 0. The van der Waals surface area contributed by atoms with Crippen LogP contribution in [0.25, 0.3) is 60.5 Å². The van der Waals surface area contributed by atoms with Gasteiger partial charge in [0, 0.05) is 49.4 Å². The van der Waals surface area contributed by atoms with Gasteiger partial charge in [0.15, 0.2) is 7.14 Å². The highest BCUT2D eigenvalue weighted by Crippen LogP contribution is 2.56. The molecule has 0 bridgehead atoms. The Bertz CT molecular complexity index is 3140. The molecule has 56 heavy (non-hydrogen) atoms. The lowest BCUT2D eigenvalue weighted by atomic mass is 9.99. The Morgan fingerprint density at radius 3 is 1.70 bits per heavy atom. The third-order valence-electron chi connectivity index (χ3n) is 11.4. The highest BCUT2D eigenvalue weighted by Gasteiger charge is 2.43. The molecule has 1 aliphatic rings. The maximum Gasteiger partial charge on any atom is 0.172 e. The van der Waals surface area contributed by atoms with Crippen LogP contribution in [0.3, 0.4) is 0 Å². The van der Waals surface area contributed by atoms with E-state index in [-0.39, 0.29) is 0 Å². The van der Waals surface area contributed by atoms with Crippen LogP contribution in [0.2, 0.25) is 0 Å². The molecule has 4 heteroatoms. The number of hydrogen-bond donors (Lipinski definition) is 0. The van der Waals surface area contributed by atoms with E-state index in [2.05, 4.69) is 185 Å². The Balaban J connectivity index is 1.09. The number of benzene rings is 9. The first-order valence-electron chi connectivity index (χ1n) is 19.0. The quantitative estimate of drug-likeness (QED) is 0.159. The monoisotopic (exact) mass is 734 g/mol. The minimum absolute atomic E-state index is 0.863. The van der Waals surface area contributed by atoms with Crippen LogP contribution in [0.5, 0.6) is 0 Å². The number of hydrogen-bond acceptors (Lipinski definition) is 2. The van der Waals surface area contributed by atoms with Crippen LogP contribution in [-0.2, 0) is 4.57 Å². The molecule has 10 aromatic rings. The first-order valence-corrected chi connectivity index (χ1v) is 20.7. The molecule has 264 valence electrons. The van der Waals surface area contributed by atoms with Crippen molar-refractivity contribution in [2.75, 3.05) is 4.90 Å². The van der Waals surface area contributed by atoms with Crippen LogP contribution in [-0.4, -0.2) is 4.57 Å². The van der Waals surface area contributed by atoms with Gasteiger partial charge in [-0.25, -0.2) is 0 Å². The molecule has 11 rings (SSSR count). The molecular weight excluding hydrogens is 700 g/mol. The van der Waals surface area contributed by atoms with Crippen molar-refractivity contribution in [3.63, 3.8) is 0 Å². The van der Waals surface area contributed by atoms with Gasteiger partial charge in [-0.2, -0.15) is 0 Å². The summed E-state index contributed by atoms with van der Waals surface area (Å²) in [7, 11) is -3.27. The summed E-state index contributed by atoms with van der Waals surface area (Å²) in [4.78, 5) is 2.30. The summed E-state index contributed by atoms with van der Waals surface area (Å²) in [5.74, 6) is 0. The third kappa shape index (κ3) is 4.95. The van der Waals surface area contributed by atoms with Gasteiger partial charge in [0.25, 0.3) is 0 Å². The Morgan fingerprint density at radius 1 is 0.429 bits per heavy atom. The number of anilines is 3. The summed E-state index contributed by atoms with van der Waals surface area (Å²) in [6.45, 7) is 0. The van der Waals surface area contributed by atoms with Crippen LogP contribution in [0, 0.1) is 0 Å². The van der Waals surface area contributed by atoms with E-state index in [1.165, 1.54) is 11.1 Å². The van der Waals surface area contributed by atoms with E-state index in [1.54, 1.807) is 0 Å². The largest absolute Gasteiger partial charge is 0.311 e. The fourth-order valence-corrected chi connectivity index (χ4v) is 12.1. The Kier molecular flexibility index (Phi) is 7.45.